The van der Waals surface area contributed by atoms with Crippen LogP contribution in [0.25, 0.3) is 11.3 Å². The van der Waals surface area contributed by atoms with E-state index in [4.69, 9.17) is 23.2 Å². The van der Waals surface area contributed by atoms with Crippen LogP contribution in [0.4, 0.5) is 0 Å². The van der Waals surface area contributed by atoms with E-state index in [1.54, 1.807) is 18.2 Å². The second-order valence-corrected chi connectivity index (χ2v) is 6.67. The van der Waals surface area contributed by atoms with Gasteiger partial charge < -0.3 is 10.4 Å². The molecule has 3 rings (SSSR count). The van der Waals surface area contributed by atoms with Crippen molar-refractivity contribution in [1.82, 2.24) is 15.5 Å². The molecule has 0 aliphatic carbocycles. The minimum Gasteiger partial charge on any atom is -0.394 e. The van der Waals surface area contributed by atoms with Gasteiger partial charge in [0.1, 0.15) is 0 Å². The Morgan fingerprint density at radius 3 is 2.65 bits per heavy atom. The van der Waals surface area contributed by atoms with Crippen LogP contribution in [0.3, 0.4) is 0 Å². The molecule has 3 N–H and O–H groups in total. The van der Waals surface area contributed by atoms with Gasteiger partial charge in [-0.2, -0.15) is 5.10 Å². The largest absolute Gasteiger partial charge is 0.394 e. The summed E-state index contributed by atoms with van der Waals surface area (Å²) in [6, 6.07) is 14.3. The first-order valence-electron chi connectivity index (χ1n) is 8.03. The van der Waals surface area contributed by atoms with Gasteiger partial charge in [-0.05, 0) is 30.2 Å². The number of carbonyl (C=O) groups excluding carboxylic acids is 1. The van der Waals surface area contributed by atoms with Gasteiger partial charge >= 0.3 is 0 Å². The molecule has 26 heavy (non-hydrogen) atoms. The molecule has 1 heterocycles. The van der Waals surface area contributed by atoms with Crippen molar-refractivity contribution in [3.05, 3.63) is 75.9 Å². The van der Waals surface area contributed by atoms with Gasteiger partial charge in [0.2, 0.25) is 0 Å². The number of aromatic nitrogens is 2. The van der Waals surface area contributed by atoms with Crippen molar-refractivity contribution in [2.24, 2.45) is 0 Å². The van der Waals surface area contributed by atoms with E-state index >= 15 is 0 Å². The van der Waals surface area contributed by atoms with Crippen molar-refractivity contribution in [3.8, 4) is 11.3 Å². The average Bonchev–Trinajstić information content (AvgIpc) is 3.11. The van der Waals surface area contributed by atoms with E-state index in [-0.39, 0.29) is 12.5 Å². The Morgan fingerprint density at radius 2 is 1.96 bits per heavy atom. The Labute approximate surface area is 161 Å². The summed E-state index contributed by atoms with van der Waals surface area (Å²) < 4.78 is 0. The number of nitrogens with one attached hydrogen (secondary N) is 2. The first-order chi connectivity index (χ1) is 12.6. The number of halogens is 2. The van der Waals surface area contributed by atoms with Crippen molar-refractivity contribution in [2.45, 2.75) is 12.5 Å². The van der Waals surface area contributed by atoms with Crippen LogP contribution in [-0.4, -0.2) is 33.9 Å². The Kier molecular flexibility index (Phi) is 5.93. The highest BCUT2D eigenvalue weighted by molar-refractivity contribution is 6.36. The lowest BCUT2D eigenvalue weighted by Crippen LogP contribution is -2.39. The Bertz CT molecular complexity index is 897. The fourth-order valence-electron chi connectivity index (χ4n) is 2.68. The molecule has 3 aromatic rings. The van der Waals surface area contributed by atoms with E-state index in [9.17, 15) is 9.90 Å². The topological polar surface area (TPSA) is 78.0 Å². The molecule has 1 aromatic heterocycles. The van der Waals surface area contributed by atoms with Crippen molar-refractivity contribution in [1.29, 1.82) is 0 Å². The van der Waals surface area contributed by atoms with Gasteiger partial charge in [-0.1, -0.05) is 53.5 Å². The van der Waals surface area contributed by atoms with Gasteiger partial charge in [0.05, 0.1) is 35.1 Å². The van der Waals surface area contributed by atoms with Crippen LogP contribution in [0.5, 0.6) is 0 Å². The fourth-order valence-corrected chi connectivity index (χ4v) is 3.18. The summed E-state index contributed by atoms with van der Waals surface area (Å²) in [5.41, 5.74) is 2.50. The Morgan fingerprint density at radius 1 is 1.19 bits per heavy atom. The third-order valence-corrected chi connectivity index (χ3v) is 4.51. The van der Waals surface area contributed by atoms with E-state index in [0.29, 0.717) is 33.3 Å². The molecule has 7 heteroatoms. The summed E-state index contributed by atoms with van der Waals surface area (Å²) in [5, 5.41) is 20.1. The number of hydrogen-bond donors (Lipinski definition) is 3. The molecule has 5 nitrogen and oxygen atoms in total. The maximum absolute atomic E-state index is 12.7. The molecule has 0 bridgehead atoms. The highest BCUT2D eigenvalue weighted by Crippen LogP contribution is 2.31. The lowest BCUT2D eigenvalue weighted by molar-refractivity contribution is 0.0917. The summed E-state index contributed by atoms with van der Waals surface area (Å²) in [6.07, 6.45) is 1.96. The van der Waals surface area contributed by atoms with E-state index in [0.717, 1.165) is 5.56 Å². The molecule has 1 atom stereocenters. The Balaban J connectivity index is 1.79. The number of rotatable bonds is 6. The predicted molar refractivity (Wildman–Crippen MR) is 103 cm³/mol. The van der Waals surface area contributed by atoms with E-state index in [2.05, 4.69) is 15.5 Å². The second kappa shape index (κ2) is 8.36. The number of benzene rings is 2. The summed E-state index contributed by atoms with van der Waals surface area (Å²) in [4.78, 5) is 12.7. The molecule has 134 valence electrons. The molecular weight excluding hydrogens is 373 g/mol. The smallest absolute Gasteiger partial charge is 0.255 e. The zero-order valence-corrected chi connectivity index (χ0v) is 15.3. The molecule has 1 unspecified atom stereocenters. The minimum atomic E-state index is -0.409. The highest BCUT2D eigenvalue weighted by atomic mass is 35.5. The molecule has 0 aliphatic heterocycles. The molecule has 0 fully saturated rings. The minimum absolute atomic E-state index is 0.171. The van der Waals surface area contributed by atoms with Crippen LogP contribution < -0.4 is 5.32 Å². The van der Waals surface area contributed by atoms with E-state index in [1.807, 2.05) is 30.3 Å². The molecule has 1 amide bonds. The maximum Gasteiger partial charge on any atom is 0.255 e. The van der Waals surface area contributed by atoms with Crippen molar-refractivity contribution in [3.63, 3.8) is 0 Å². The summed E-state index contributed by atoms with van der Waals surface area (Å²) in [5.74, 6) is -0.338. The molecule has 0 saturated heterocycles. The van der Waals surface area contributed by atoms with Crippen LogP contribution in [0.2, 0.25) is 10.0 Å². The number of aliphatic hydroxyl groups is 1. The lowest BCUT2D eigenvalue weighted by Gasteiger charge is -2.16. The summed E-state index contributed by atoms with van der Waals surface area (Å²) >= 11 is 12.2. The normalized spacial score (nSPS) is 12.0. The highest BCUT2D eigenvalue weighted by Gasteiger charge is 2.20. The van der Waals surface area contributed by atoms with Gasteiger partial charge in [-0.15, -0.1) is 0 Å². The lowest BCUT2D eigenvalue weighted by atomic mass is 10.0. The van der Waals surface area contributed by atoms with Crippen LogP contribution in [-0.2, 0) is 6.42 Å². The van der Waals surface area contributed by atoms with E-state index < -0.39 is 6.04 Å². The first-order valence-corrected chi connectivity index (χ1v) is 8.78. The fraction of sp³-hybridized carbons (Fsp3) is 0.158. The van der Waals surface area contributed by atoms with Crippen LogP contribution in [0.1, 0.15) is 15.9 Å². The number of carbonyl (C=O) groups is 1. The van der Waals surface area contributed by atoms with Gasteiger partial charge in [0, 0.05) is 10.6 Å². The standard InChI is InChI=1S/C19H17Cl2N3O2/c20-13-6-7-15(17(21)9-13)18-16(10-22-24-18)19(26)23-14(11-25)8-12-4-2-1-3-5-12/h1-7,9-10,14,25H,8,11H2,(H,22,24)(H,23,26). The number of hydrogen-bond acceptors (Lipinski definition) is 3. The molecule has 0 spiro atoms. The second-order valence-electron chi connectivity index (χ2n) is 5.83. The monoisotopic (exact) mass is 389 g/mol. The van der Waals surface area contributed by atoms with Crippen molar-refractivity contribution < 1.29 is 9.90 Å². The van der Waals surface area contributed by atoms with Crippen LogP contribution >= 0.6 is 23.2 Å². The number of aromatic amines is 1. The third kappa shape index (κ3) is 4.25. The van der Waals surface area contributed by atoms with E-state index in [1.165, 1.54) is 6.20 Å². The SMILES string of the molecule is O=C(NC(CO)Cc1ccccc1)c1cn[nH]c1-c1ccc(Cl)cc1Cl. The van der Waals surface area contributed by atoms with Gasteiger partial charge in [0.15, 0.2) is 0 Å². The molecule has 0 saturated carbocycles. The predicted octanol–water partition coefficient (Wildman–Crippen LogP) is 3.72. The van der Waals surface area contributed by atoms with Crippen LogP contribution in [0.15, 0.2) is 54.7 Å². The number of amides is 1. The van der Waals surface area contributed by atoms with Crippen LogP contribution in [0, 0.1) is 0 Å². The molecule has 2 aromatic carbocycles. The van der Waals surface area contributed by atoms with Gasteiger partial charge in [-0.3, -0.25) is 9.89 Å². The zero-order chi connectivity index (χ0) is 18.5. The third-order valence-electron chi connectivity index (χ3n) is 3.96. The number of H-pyrrole nitrogens is 1. The molecule has 0 aliphatic rings. The number of aliphatic hydroxyl groups excluding tert-OH is 1. The van der Waals surface area contributed by atoms with Gasteiger partial charge in [-0.25, -0.2) is 0 Å². The quantitative estimate of drug-likeness (QED) is 0.601. The van der Waals surface area contributed by atoms with Crippen molar-refractivity contribution >= 4 is 29.1 Å². The van der Waals surface area contributed by atoms with Gasteiger partial charge in [0.25, 0.3) is 5.91 Å². The molecular formula is C19H17Cl2N3O2. The number of nitrogens with zero attached hydrogens (tertiary/aromatic N) is 1. The van der Waals surface area contributed by atoms with Crippen molar-refractivity contribution in [2.75, 3.05) is 6.61 Å². The maximum atomic E-state index is 12.7. The summed E-state index contributed by atoms with van der Waals surface area (Å²) in [7, 11) is 0. The zero-order valence-electron chi connectivity index (χ0n) is 13.7. The first kappa shape index (κ1) is 18.5. The molecule has 0 radical (unpaired) electrons. The Hall–Kier alpha value is -2.34. The average molecular weight is 390 g/mol. The summed E-state index contributed by atoms with van der Waals surface area (Å²) in [6.45, 7) is -0.171.